The van der Waals surface area contributed by atoms with E-state index in [-0.39, 0.29) is 17.9 Å². The van der Waals surface area contributed by atoms with Gasteiger partial charge in [-0.3, -0.25) is 14.6 Å². The molecule has 4 heterocycles. The zero-order chi connectivity index (χ0) is 17.8. The van der Waals surface area contributed by atoms with Crippen LogP contribution >= 0.6 is 0 Å². The fraction of sp³-hybridized carbons (Fsp3) is 0.316. The van der Waals surface area contributed by atoms with Crippen LogP contribution < -0.4 is 4.90 Å². The number of hydrogen-bond acceptors (Lipinski definition) is 5. The lowest BCUT2D eigenvalue weighted by Crippen LogP contribution is -2.44. The molecule has 0 spiro atoms. The smallest absolute Gasteiger partial charge is 0.253 e. The highest BCUT2D eigenvalue weighted by atomic mass is 19.1. The average Bonchev–Trinajstić information content (AvgIpc) is 3.29. The summed E-state index contributed by atoms with van der Waals surface area (Å²) in [5.74, 6) is -1.30. The van der Waals surface area contributed by atoms with Crippen LogP contribution in [0.25, 0.3) is 0 Å². The molecule has 7 heteroatoms. The molecule has 3 saturated heterocycles. The highest BCUT2D eigenvalue weighted by Crippen LogP contribution is 2.48. The van der Waals surface area contributed by atoms with Crippen molar-refractivity contribution in [2.75, 3.05) is 18.0 Å². The molecule has 2 amide bonds. The monoisotopic (exact) mass is 352 g/mol. The number of hydrogen-bond donors (Lipinski definition) is 0. The van der Waals surface area contributed by atoms with Crippen LogP contribution in [0.3, 0.4) is 0 Å². The number of nitrogens with zero attached hydrogens (tertiary/aromatic N) is 4. The second-order valence-electron chi connectivity index (χ2n) is 6.86. The van der Waals surface area contributed by atoms with Crippen molar-refractivity contribution in [1.82, 2.24) is 15.0 Å². The molecule has 1 aromatic heterocycles. The van der Waals surface area contributed by atoms with E-state index in [1.54, 1.807) is 12.4 Å². The minimum absolute atomic E-state index is 0.174. The first-order chi connectivity index (χ1) is 12.7. The third kappa shape index (κ3) is 2.07. The number of carbonyl (C=O) groups is 2. The van der Waals surface area contributed by atoms with Crippen molar-refractivity contribution in [2.45, 2.75) is 18.5 Å². The number of carbonyl (C=O) groups excluding carboxylic acids is 2. The Kier molecular flexibility index (Phi) is 3.41. The van der Waals surface area contributed by atoms with Gasteiger partial charge in [-0.25, -0.2) is 19.3 Å². The van der Waals surface area contributed by atoms with Crippen LogP contribution in [0.1, 0.15) is 18.0 Å². The van der Waals surface area contributed by atoms with Crippen LogP contribution in [0.15, 0.2) is 48.8 Å². The second kappa shape index (κ2) is 5.69. The lowest BCUT2D eigenvalue weighted by Gasteiger charge is -2.29. The normalized spacial score (nSPS) is 28.7. The van der Waals surface area contributed by atoms with E-state index in [2.05, 4.69) is 9.99 Å². The molecule has 2 aromatic rings. The standard InChI is InChI=1S/C19H17FN4O2/c20-13-2-4-14(5-3-13)24-18(25)15-16(12-6-8-21-9-7-12)22-10-1-11-23(22)17(15)19(24)26/h2-9,15-17H,1,10-11H2/t15-,16-,17-/m0/s1. The van der Waals surface area contributed by atoms with E-state index in [1.807, 2.05) is 17.1 Å². The maximum atomic E-state index is 13.2. The molecule has 0 bridgehead atoms. The Hall–Kier alpha value is -2.64. The van der Waals surface area contributed by atoms with Crippen LogP contribution in [0, 0.1) is 11.7 Å². The van der Waals surface area contributed by atoms with E-state index < -0.39 is 17.8 Å². The van der Waals surface area contributed by atoms with E-state index in [4.69, 9.17) is 0 Å². The average molecular weight is 352 g/mol. The van der Waals surface area contributed by atoms with Crippen molar-refractivity contribution < 1.29 is 14.0 Å². The molecule has 0 saturated carbocycles. The fourth-order valence-electron chi connectivity index (χ4n) is 4.52. The topological polar surface area (TPSA) is 56.8 Å². The molecule has 0 aliphatic carbocycles. The van der Waals surface area contributed by atoms with Gasteiger partial charge in [-0.05, 0) is 48.4 Å². The Labute approximate surface area is 149 Å². The minimum Gasteiger partial charge on any atom is -0.274 e. The lowest BCUT2D eigenvalue weighted by atomic mass is 9.90. The van der Waals surface area contributed by atoms with Crippen molar-refractivity contribution in [3.8, 4) is 0 Å². The quantitative estimate of drug-likeness (QED) is 0.771. The molecule has 0 N–H and O–H groups in total. The van der Waals surface area contributed by atoms with E-state index in [0.717, 1.165) is 25.1 Å². The summed E-state index contributed by atoms with van der Waals surface area (Å²) < 4.78 is 13.2. The van der Waals surface area contributed by atoms with Gasteiger partial charge in [-0.15, -0.1) is 0 Å². The zero-order valence-corrected chi connectivity index (χ0v) is 14.0. The summed E-state index contributed by atoms with van der Waals surface area (Å²) in [6.07, 6.45) is 4.38. The van der Waals surface area contributed by atoms with Gasteiger partial charge in [0.2, 0.25) is 5.91 Å². The van der Waals surface area contributed by atoms with Gasteiger partial charge in [-0.1, -0.05) is 0 Å². The Balaban J connectivity index is 1.58. The largest absolute Gasteiger partial charge is 0.274 e. The number of imide groups is 1. The maximum Gasteiger partial charge on any atom is 0.253 e. The zero-order valence-electron chi connectivity index (χ0n) is 14.0. The summed E-state index contributed by atoms with van der Waals surface area (Å²) in [6, 6.07) is 8.65. The molecule has 6 nitrogen and oxygen atoms in total. The van der Waals surface area contributed by atoms with Gasteiger partial charge < -0.3 is 0 Å². The highest BCUT2D eigenvalue weighted by molar-refractivity contribution is 6.24. The van der Waals surface area contributed by atoms with E-state index in [0.29, 0.717) is 5.69 Å². The van der Waals surface area contributed by atoms with Crippen molar-refractivity contribution in [2.24, 2.45) is 5.92 Å². The number of rotatable bonds is 2. The first-order valence-electron chi connectivity index (χ1n) is 8.73. The molecule has 26 heavy (non-hydrogen) atoms. The SMILES string of the molecule is O=C1[C@@H]2[C@@H](C(=O)N1c1ccc(F)cc1)N1CCCN1[C@H]2c1ccncc1. The number of aromatic nitrogens is 1. The van der Waals surface area contributed by atoms with Gasteiger partial charge in [0.1, 0.15) is 11.9 Å². The number of hydrazine groups is 1. The Bertz CT molecular complexity index is 873. The predicted octanol–water partition coefficient (Wildman–Crippen LogP) is 1.76. The molecular formula is C19H17FN4O2. The third-order valence-electron chi connectivity index (χ3n) is 5.54. The molecule has 3 fully saturated rings. The minimum atomic E-state index is -0.492. The predicted molar refractivity (Wildman–Crippen MR) is 91.2 cm³/mol. The Morgan fingerprint density at radius 1 is 0.885 bits per heavy atom. The Morgan fingerprint density at radius 3 is 2.23 bits per heavy atom. The first kappa shape index (κ1) is 15.6. The maximum absolute atomic E-state index is 13.2. The summed E-state index contributed by atoms with van der Waals surface area (Å²) in [7, 11) is 0. The molecule has 3 aliphatic rings. The molecular weight excluding hydrogens is 335 g/mol. The van der Waals surface area contributed by atoms with Crippen LogP contribution in [-0.2, 0) is 9.59 Å². The molecule has 0 radical (unpaired) electrons. The van der Waals surface area contributed by atoms with Crippen LogP contribution in [0.5, 0.6) is 0 Å². The number of halogens is 1. The van der Waals surface area contributed by atoms with Gasteiger partial charge in [0, 0.05) is 25.5 Å². The number of anilines is 1. The molecule has 132 valence electrons. The van der Waals surface area contributed by atoms with Crippen molar-refractivity contribution in [3.63, 3.8) is 0 Å². The van der Waals surface area contributed by atoms with Crippen molar-refractivity contribution in [3.05, 3.63) is 60.2 Å². The number of benzene rings is 1. The van der Waals surface area contributed by atoms with Gasteiger partial charge in [0.05, 0.1) is 17.6 Å². The second-order valence-corrected chi connectivity index (χ2v) is 6.86. The first-order valence-corrected chi connectivity index (χ1v) is 8.73. The van der Waals surface area contributed by atoms with E-state index in [9.17, 15) is 14.0 Å². The van der Waals surface area contributed by atoms with E-state index in [1.165, 1.54) is 29.2 Å². The number of fused-ring (bicyclic) bond motifs is 3. The van der Waals surface area contributed by atoms with Gasteiger partial charge in [0.25, 0.3) is 5.91 Å². The summed E-state index contributed by atoms with van der Waals surface area (Å²) in [5.41, 5.74) is 1.41. The molecule has 1 aromatic carbocycles. The molecule has 0 unspecified atom stereocenters. The molecule has 3 atom stereocenters. The molecule has 5 rings (SSSR count). The van der Waals surface area contributed by atoms with Crippen LogP contribution in [-0.4, -0.2) is 45.9 Å². The Morgan fingerprint density at radius 2 is 1.54 bits per heavy atom. The summed E-state index contributed by atoms with van der Waals surface area (Å²) >= 11 is 0. The van der Waals surface area contributed by atoms with Crippen molar-refractivity contribution in [1.29, 1.82) is 0 Å². The summed E-state index contributed by atoms with van der Waals surface area (Å²) in [4.78, 5) is 31.7. The fourth-order valence-corrected chi connectivity index (χ4v) is 4.52. The molecule has 3 aliphatic heterocycles. The van der Waals surface area contributed by atoms with Gasteiger partial charge in [-0.2, -0.15) is 0 Å². The lowest BCUT2D eigenvalue weighted by molar-refractivity contribution is -0.126. The summed E-state index contributed by atoms with van der Waals surface area (Å²) in [6.45, 7) is 1.59. The van der Waals surface area contributed by atoms with Crippen LogP contribution in [0.2, 0.25) is 0 Å². The third-order valence-corrected chi connectivity index (χ3v) is 5.54. The highest BCUT2D eigenvalue weighted by Gasteiger charge is 2.62. The van der Waals surface area contributed by atoms with Crippen LogP contribution in [0.4, 0.5) is 10.1 Å². The van der Waals surface area contributed by atoms with E-state index >= 15 is 0 Å². The van der Waals surface area contributed by atoms with Crippen molar-refractivity contribution >= 4 is 17.5 Å². The van der Waals surface area contributed by atoms with Gasteiger partial charge in [0.15, 0.2) is 0 Å². The summed E-state index contributed by atoms with van der Waals surface area (Å²) in [5, 5.41) is 4.20. The number of pyridine rings is 1. The van der Waals surface area contributed by atoms with Gasteiger partial charge >= 0.3 is 0 Å². The number of amides is 2.